The van der Waals surface area contributed by atoms with Gasteiger partial charge >= 0.3 is 11.5 Å². The minimum absolute atomic E-state index is 0.0150. The van der Waals surface area contributed by atoms with Crippen LogP contribution in [0, 0.1) is 6.92 Å². The van der Waals surface area contributed by atoms with Gasteiger partial charge in [-0.3, -0.25) is 9.78 Å². The molecule has 4 rings (SSSR count). The third kappa shape index (κ3) is 3.68. The number of imide groups is 1. The van der Waals surface area contributed by atoms with E-state index in [0.29, 0.717) is 0 Å². The van der Waals surface area contributed by atoms with Crippen LogP contribution in [-0.2, 0) is 21.2 Å². The number of hydrogen-bond donors (Lipinski definition) is 0. The zero-order chi connectivity index (χ0) is 23.3. The Labute approximate surface area is 181 Å². The Kier molecular flexibility index (Phi) is 5.16. The normalized spacial score (nSPS) is 15.1. The molecule has 0 aliphatic carbocycles. The number of amides is 3. The molecule has 0 radical (unpaired) electrons. The van der Waals surface area contributed by atoms with Crippen LogP contribution in [0.4, 0.5) is 23.7 Å². The Hall–Kier alpha value is -3.47. The van der Waals surface area contributed by atoms with Gasteiger partial charge in [0.05, 0.1) is 16.1 Å². The molecule has 166 valence electrons. The van der Waals surface area contributed by atoms with E-state index in [9.17, 15) is 31.2 Å². The van der Waals surface area contributed by atoms with Gasteiger partial charge in [0.15, 0.2) is 0 Å². The number of benzene rings is 2. The number of aryl methyl sites for hydroxylation is 1. The first kappa shape index (κ1) is 21.8. The number of carbonyl (C=O) groups is 2. The summed E-state index contributed by atoms with van der Waals surface area (Å²) in [5.41, 5.74) is -2.91. The first-order valence-electron chi connectivity index (χ1n) is 9.36. The number of fused-ring (bicyclic) bond motifs is 1. The van der Waals surface area contributed by atoms with Crippen molar-refractivity contribution in [2.45, 2.75) is 23.9 Å². The molecule has 0 N–H and O–H groups in total. The standard InChI is InChI=1S/C21H16F3N3O4S/c1-13-2-7-17-14(8-9-25-18(17)10-13)11-26-12-19(28)27(20(26)29)15-3-5-16(6-4-15)32(30,31)21(22,23)24/h2-10H,11-12H2,1H3. The molecule has 1 aromatic heterocycles. The van der Waals surface area contributed by atoms with Gasteiger partial charge in [0, 0.05) is 18.1 Å². The maximum atomic E-state index is 12.9. The molecule has 1 saturated heterocycles. The number of rotatable bonds is 4. The second kappa shape index (κ2) is 7.59. The van der Waals surface area contributed by atoms with Crippen molar-refractivity contribution in [3.05, 3.63) is 65.9 Å². The highest BCUT2D eigenvalue weighted by Gasteiger charge is 2.47. The van der Waals surface area contributed by atoms with E-state index in [1.165, 1.54) is 4.90 Å². The lowest BCUT2D eigenvalue weighted by molar-refractivity contribution is -0.116. The van der Waals surface area contributed by atoms with Crippen LogP contribution in [-0.4, -0.2) is 42.3 Å². The van der Waals surface area contributed by atoms with Crippen LogP contribution in [0.25, 0.3) is 10.9 Å². The minimum Gasteiger partial charge on any atom is -0.310 e. The predicted molar refractivity (Wildman–Crippen MR) is 109 cm³/mol. The van der Waals surface area contributed by atoms with Gasteiger partial charge in [-0.25, -0.2) is 18.1 Å². The van der Waals surface area contributed by atoms with E-state index in [-0.39, 0.29) is 18.8 Å². The Balaban J connectivity index is 1.59. The van der Waals surface area contributed by atoms with Crippen LogP contribution in [0.2, 0.25) is 0 Å². The summed E-state index contributed by atoms with van der Waals surface area (Å²) in [6, 6.07) is 10.2. The summed E-state index contributed by atoms with van der Waals surface area (Å²) in [5.74, 6) is -0.573. The summed E-state index contributed by atoms with van der Waals surface area (Å²) < 4.78 is 61.2. The quantitative estimate of drug-likeness (QED) is 0.549. The second-order valence-electron chi connectivity index (χ2n) is 7.30. The fraction of sp³-hybridized carbons (Fsp3) is 0.190. The largest absolute Gasteiger partial charge is 0.501 e. The summed E-state index contributed by atoms with van der Waals surface area (Å²) in [4.78, 5) is 30.8. The highest BCUT2D eigenvalue weighted by molar-refractivity contribution is 7.92. The van der Waals surface area contributed by atoms with Gasteiger partial charge in [-0.1, -0.05) is 12.1 Å². The number of aromatic nitrogens is 1. The van der Waals surface area contributed by atoms with Gasteiger partial charge in [0.25, 0.3) is 15.7 Å². The molecule has 2 aromatic carbocycles. The molecule has 0 spiro atoms. The van der Waals surface area contributed by atoms with E-state index in [1.807, 2.05) is 25.1 Å². The Bertz CT molecular complexity index is 1340. The number of urea groups is 1. The minimum atomic E-state index is -5.52. The molecule has 0 unspecified atom stereocenters. The number of carbonyl (C=O) groups excluding carboxylic acids is 2. The lowest BCUT2D eigenvalue weighted by Gasteiger charge is -2.18. The lowest BCUT2D eigenvalue weighted by atomic mass is 10.1. The molecule has 11 heteroatoms. The van der Waals surface area contributed by atoms with Crippen LogP contribution in [0.15, 0.2) is 59.6 Å². The summed E-state index contributed by atoms with van der Waals surface area (Å²) in [6.45, 7) is 1.83. The van der Waals surface area contributed by atoms with Crippen LogP contribution in [0.5, 0.6) is 0 Å². The molecule has 0 bridgehead atoms. The van der Waals surface area contributed by atoms with Crippen LogP contribution in [0.3, 0.4) is 0 Å². The summed E-state index contributed by atoms with van der Waals surface area (Å²) in [5, 5.41) is 0.832. The van der Waals surface area contributed by atoms with Crippen molar-refractivity contribution in [3.8, 4) is 0 Å². The van der Waals surface area contributed by atoms with E-state index in [0.717, 1.165) is 51.2 Å². The SMILES string of the molecule is Cc1ccc2c(CN3CC(=O)N(c4ccc(S(=O)(=O)C(F)(F)F)cc4)C3=O)ccnc2c1. The topological polar surface area (TPSA) is 87.7 Å². The van der Waals surface area contributed by atoms with E-state index >= 15 is 0 Å². The molecule has 7 nitrogen and oxygen atoms in total. The first-order valence-corrected chi connectivity index (χ1v) is 10.8. The van der Waals surface area contributed by atoms with E-state index in [2.05, 4.69) is 4.98 Å². The van der Waals surface area contributed by atoms with Crippen molar-refractivity contribution >= 4 is 38.4 Å². The van der Waals surface area contributed by atoms with Crippen LogP contribution >= 0.6 is 0 Å². The molecule has 1 fully saturated rings. The fourth-order valence-electron chi connectivity index (χ4n) is 3.50. The average Bonchev–Trinajstić information content (AvgIpc) is 3.00. The first-order chi connectivity index (χ1) is 15.0. The zero-order valence-electron chi connectivity index (χ0n) is 16.6. The highest BCUT2D eigenvalue weighted by Crippen LogP contribution is 2.32. The molecule has 3 amide bonds. The molecule has 3 aromatic rings. The van der Waals surface area contributed by atoms with Gasteiger partial charge < -0.3 is 4.90 Å². The Morgan fingerprint density at radius 1 is 1.03 bits per heavy atom. The molecule has 1 aliphatic rings. The maximum absolute atomic E-state index is 12.9. The number of pyridine rings is 1. The number of alkyl halides is 3. The maximum Gasteiger partial charge on any atom is 0.501 e. The third-order valence-corrected chi connectivity index (χ3v) is 6.60. The number of halogens is 3. The number of hydrogen-bond acceptors (Lipinski definition) is 5. The van der Waals surface area contributed by atoms with Crippen molar-refractivity contribution < 1.29 is 31.2 Å². The van der Waals surface area contributed by atoms with Gasteiger partial charge in [-0.2, -0.15) is 13.2 Å². The van der Waals surface area contributed by atoms with Crippen molar-refractivity contribution in [2.24, 2.45) is 0 Å². The smallest absolute Gasteiger partial charge is 0.310 e. The number of sulfone groups is 1. The zero-order valence-corrected chi connectivity index (χ0v) is 17.4. The van der Waals surface area contributed by atoms with Crippen molar-refractivity contribution in [2.75, 3.05) is 11.4 Å². The monoisotopic (exact) mass is 463 g/mol. The highest BCUT2D eigenvalue weighted by atomic mass is 32.2. The summed E-state index contributed by atoms with van der Waals surface area (Å²) in [7, 11) is -5.52. The second-order valence-corrected chi connectivity index (χ2v) is 9.24. The Morgan fingerprint density at radius 2 is 1.72 bits per heavy atom. The van der Waals surface area contributed by atoms with E-state index in [4.69, 9.17) is 0 Å². The van der Waals surface area contributed by atoms with Crippen molar-refractivity contribution in [1.29, 1.82) is 0 Å². The van der Waals surface area contributed by atoms with E-state index in [1.54, 1.807) is 12.3 Å². The van der Waals surface area contributed by atoms with E-state index < -0.39 is 32.2 Å². The van der Waals surface area contributed by atoms with Gasteiger partial charge in [0.2, 0.25) is 0 Å². The summed E-state index contributed by atoms with van der Waals surface area (Å²) >= 11 is 0. The van der Waals surface area contributed by atoms with Gasteiger partial charge in [-0.05, 0) is 54.4 Å². The van der Waals surface area contributed by atoms with Crippen molar-refractivity contribution in [3.63, 3.8) is 0 Å². The molecule has 0 atom stereocenters. The molecular formula is C21H16F3N3O4S. The molecule has 2 heterocycles. The molecule has 32 heavy (non-hydrogen) atoms. The molecule has 0 saturated carbocycles. The van der Waals surface area contributed by atoms with Gasteiger partial charge in [0.1, 0.15) is 6.54 Å². The third-order valence-electron chi connectivity index (χ3n) is 5.10. The fourth-order valence-corrected chi connectivity index (χ4v) is 4.26. The molecule has 1 aliphatic heterocycles. The molecular weight excluding hydrogens is 447 g/mol. The van der Waals surface area contributed by atoms with Crippen LogP contribution < -0.4 is 4.90 Å². The average molecular weight is 463 g/mol. The van der Waals surface area contributed by atoms with Gasteiger partial charge in [-0.15, -0.1) is 0 Å². The predicted octanol–water partition coefficient (Wildman–Crippen LogP) is 3.81. The number of anilines is 1. The summed E-state index contributed by atoms with van der Waals surface area (Å²) in [6.07, 6.45) is 1.61. The Morgan fingerprint density at radius 3 is 2.38 bits per heavy atom. The van der Waals surface area contributed by atoms with Crippen LogP contribution in [0.1, 0.15) is 11.1 Å². The van der Waals surface area contributed by atoms with Crippen molar-refractivity contribution in [1.82, 2.24) is 9.88 Å². The lowest BCUT2D eigenvalue weighted by Crippen LogP contribution is -2.33. The number of nitrogens with zero attached hydrogens (tertiary/aromatic N) is 3.